The minimum Gasteiger partial charge on any atom is -0.461 e. The van der Waals surface area contributed by atoms with Gasteiger partial charge in [0.15, 0.2) is 6.29 Å². The lowest BCUT2D eigenvalue weighted by molar-refractivity contribution is -0.147. The summed E-state index contributed by atoms with van der Waals surface area (Å²) in [6, 6.07) is 9.51. The van der Waals surface area contributed by atoms with E-state index in [2.05, 4.69) is 0 Å². The van der Waals surface area contributed by atoms with Gasteiger partial charge in [0.25, 0.3) is 6.47 Å². The largest absolute Gasteiger partial charge is 0.461 e. The molecule has 0 N–H and O–H groups in total. The van der Waals surface area contributed by atoms with Gasteiger partial charge in [-0.2, -0.15) is 0 Å². The normalized spacial score (nSPS) is 13.7. The highest BCUT2D eigenvalue weighted by Gasteiger charge is 2.21. The van der Waals surface area contributed by atoms with E-state index in [1.807, 2.05) is 37.3 Å². The van der Waals surface area contributed by atoms with Crippen LogP contribution in [-0.2, 0) is 25.7 Å². The van der Waals surface area contributed by atoms with Gasteiger partial charge in [0.1, 0.15) is 12.2 Å². The van der Waals surface area contributed by atoms with Crippen molar-refractivity contribution >= 4 is 12.8 Å². The molecule has 0 heterocycles. The van der Waals surface area contributed by atoms with Crippen LogP contribution in [0.15, 0.2) is 30.3 Å². The Morgan fingerprint density at radius 2 is 1.94 bits per heavy atom. The number of ether oxygens (including phenoxy) is 2. The summed E-state index contributed by atoms with van der Waals surface area (Å²) in [5.74, 6) is 0. The van der Waals surface area contributed by atoms with E-state index in [9.17, 15) is 9.59 Å². The van der Waals surface area contributed by atoms with Gasteiger partial charge in [0.05, 0.1) is 6.61 Å². The number of rotatable bonds is 8. The topological polar surface area (TPSA) is 52.6 Å². The molecule has 0 spiro atoms. The quantitative estimate of drug-likeness (QED) is 0.645. The number of hydrogen-bond acceptors (Lipinski definition) is 4. The molecule has 2 atom stereocenters. The van der Waals surface area contributed by atoms with Gasteiger partial charge in [-0.3, -0.25) is 4.79 Å². The highest BCUT2D eigenvalue weighted by atomic mass is 16.6. The van der Waals surface area contributed by atoms with E-state index in [1.54, 1.807) is 0 Å². The highest BCUT2D eigenvalue weighted by Crippen LogP contribution is 2.09. The van der Waals surface area contributed by atoms with Gasteiger partial charge in [-0.25, -0.2) is 0 Å². The molecule has 4 heteroatoms. The van der Waals surface area contributed by atoms with E-state index in [0.717, 1.165) is 5.56 Å². The predicted molar refractivity (Wildman–Crippen MR) is 62.3 cm³/mol. The summed E-state index contributed by atoms with van der Waals surface area (Å²) in [6.45, 7) is 2.50. The van der Waals surface area contributed by atoms with Crippen LogP contribution in [0, 0.1) is 0 Å². The molecule has 0 saturated carbocycles. The van der Waals surface area contributed by atoms with Gasteiger partial charge < -0.3 is 14.3 Å². The van der Waals surface area contributed by atoms with Crippen LogP contribution in [0.4, 0.5) is 0 Å². The van der Waals surface area contributed by atoms with Gasteiger partial charge in [-0.1, -0.05) is 37.3 Å². The Morgan fingerprint density at radius 1 is 1.24 bits per heavy atom. The van der Waals surface area contributed by atoms with Crippen LogP contribution < -0.4 is 0 Å². The minimum atomic E-state index is -0.717. The number of benzene rings is 1. The van der Waals surface area contributed by atoms with Gasteiger partial charge >= 0.3 is 0 Å². The van der Waals surface area contributed by atoms with E-state index in [0.29, 0.717) is 25.8 Å². The summed E-state index contributed by atoms with van der Waals surface area (Å²) >= 11 is 0. The summed E-state index contributed by atoms with van der Waals surface area (Å²) < 4.78 is 10.2. The van der Waals surface area contributed by atoms with Crippen LogP contribution in [0.25, 0.3) is 0 Å². The Kier molecular flexibility index (Phi) is 5.96. The molecule has 1 aromatic carbocycles. The van der Waals surface area contributed by atoms with E-state index < -0.39 is 12.2 Å². The van der Waals surface area contributed by atoms with Crippen LogP contribution in [-0.4, -0.2) is 25.0 Å². The molecule has 0 aliphatic carbocycles. The van der Waals surface area contributed by atoms with Crippen molar-refractivity contribution in [2.24, 2.45) is 0 Å². The molecule has 0 aliphatic rings. The molecule has 0 saturated heterocycles. The van der Waals surface area contributed by atoms with Gasteiger partial charge in [0.2, 0.25) is 0 Å². The molecular weight excluding hydrogens is 220 g/mol. The summed E-state index contributed by atoms with van der Waals surface area (Å²) in [6.07, 6.45) is -0.0310. The third-order valence-electron chi connectivity index (χ3n) is 2.42. The van der Waals surface area contributed by atoms with E-state index in [-0.39, 0.29) is 0 Å². The number of aldehydes is 1. The lowest BCUT2D eigenvalue weighted by Crippen LogP contribution is -2.32. The lowest BCUT2D eigenvalue weighted by atomic mass is 10.1. The minimum absolute atomic E-state index is 0.322. The molecule has 17 heavy (non-hydrogen) atoms. The summed E-state index contributed by atoms with van der Waals surface area (Å²) in [4.78, 5) is 21.2. The maximum atomic E-state index is 10.9. The number of carbonyl (C=O) groups excluding carboxylic acids is 2. The van der Waals surface area contributed by atoms with E-state index >= 15 is 0 Å². The third-order valence-corrected chi connectivity index (χ3v) is 2.42. The summed E-state index contributed by atoms with van der Waals surface area (Å²) in [5, 5.41) is 0. The fourth-order valence-corrected chi connectivity index (χ4v) is 1.48. The summed E-state index contributed by atoms with van der Waals surface area (Å²) in [5.41, 5.74) is 0.973. The molecule has 0 amide bonds. The van der Waals surface area contributed by atoms with Crippen LogP contribution >= 0.6 is 0 Å². The van der Waals surface area contributed by atoms with Crippen molar-refractivity contribution in [1.82, 2.24) is 0 Å². The first kappa shape index (κ1) is 13.4. The van der Waals surface area contributed by atoms with Crippen molar-refractivity contribution in [2.75, 3.05) is 0 Å². The lowest BCUT2D eigenvalue weighted by Gasteiger charge is -2.20. The molecular formula is C13H16O4. The predicted octanol–water partition coefficient (Wildman–Crippen LogP) is 1.72. The first-order valence-electron chi connectivity index (χ1n) is 5.51. The first-order valence-corrected chi connectivity index (χ1v) is 5.51. The number of hydrogen-bond donors (Lipinski definition) is 0. The second-order valence-electron chi connectivity index (χ2n) is 3.58. The van der Waals surface area contributed by atoms with Crippen molar-refractivity contribution in [3.63, 3.8) is 0 Å². The second kappa shape index (κ2) is 7.57. The van der Waals surface area contributed by atoms with Crippen molar-refractivity contribution in [3.8, 4) is 0 Å². The molecule has 4 nitrogen and oxygen atoms in total. The van der Waals surface area contributed by atoms with Gasteiger partial charge in [-0.05, 0) is 12.0 Å². The Morgan fingerprint density at radius 3 is 2.47 bits per heavy atom. The zero-order valence-corrected chi connectivity index (χ0v) is 9.74. The molecule has 92 valence electrons. The zero-order valence-electron chi connectivity index (χ0n) is 9.74. The van der Waals surface area contributed by atoms with E-state index in [4.69, 9.17) is 9.47 Å². The third kappa shape index (κ3) is 4.36. The van der Waals surface area contributed by atoms with Crippen LogP contribution in [0.5, 0.6) is 0 Å². The Bertz CT molecular complexity index is 337. The zero-order chi connectivity index (χ0) is 12.5. The molecule has 0 aliphatic heterocycles. The monoisotopic (exact) mass is 236 g/mol. The van der Waals surface area contributed by atoms with Crippen LogP contribution in [0.2, 0.25) is 0 Å². The first-order chi connectivity index (χ1) is 8.31. The Labute approximate surface area is 101 Å². The van der Waals surface area contributed by atoms with Gasteiger partial charge in [-0.15, -0.1) is 0 Å². The SMILES string of the molecule is CC[C@@H](OC=O)[C@@H](C=O)OCc1ccccc1. The van der Waals surface area contributed by atoms with Crippen molar-refractivity contribution < 1.29 is 19.1 Å². The Balaban J connectivity index is 2.51. The molecule has 0 fully saturated rings. The van der Waals surface area contributed by atoms with Crippen molar-refractivity contribution in [3.05, 3.63) is 35.9 Å². The average Bonchev–Trinajstić information content (AvgIpc) is 2.39. The standard InChI is InChI=1S/C13H16O4/c1-2-12(17-10-15)13(8-14)16-9-11-6-4-3-5-7-11/h3-8,10,12-13H,2,9H2,1H3/t12-,13-/m1/s1. The average molecular weight is 236 g/mol. The fraction of sp³-hybridized carbons (Fsp3) is 0.385. The second-order valence-corrected chi connectivity index (χ2v) is 3.58. The van der Waals surface area contributed by atoms with Crippen molar-refractivity contribution in [2.45, 2.75) is 32.2 Å². The maximum absolute atomic E-state index is 10.9. The van der Waals surface area contributed by atoms with Crippen LogP contribution in [0.1, 0.15) is 18.9 Å². The summed E-state index contributed by atoms with van der Waals surface area (Å²) in [7, 11) is 0. The number of carbonyl (C=O) groups is 2. The van der Waals surface area contributed by atoms with Crippen molar-refractivity contribution in [1.29, 1.82) is 0 Å². The molecule has 1 aromatic rings. The van der Waals surface area contributed by atoms with Crippen LogP contribution in [0.3, 0.4) is 0 Å². The van der Waals surface area contributed by atoms with E-state index in [1.165, 1.54) is 0 Å². The molecule has 0 bridgehead atoms. The van der Waals surface area contributed by atoms with Gasteiger partial charge in [0, 0.05) is 0 Å². The smallest absolute Gasteiger partial charge is 0.293 e. The molecule has 0 unspecified atom stereocenters. The molecule has 1 rings (SSSR count). The Hall–Kier alpha value is -1.68. The highest BCUT2D eigenvalue weighted by molar-refractivity contribution is 5.57. The molecule has 0 aromatic heterocycles. The fourth-order valence-electron chi connectivity index (χ4n) is 1.48. The maximum Gasteiger partial charge on any atom is 0.293 e. The molecule has 0 radical (unpaired) electrons.